The molecule has 1 fully saturated rings. The molecule has 1 aliphatic rings. The molecule has 3 heteroatoms. The SMILES string of the molecule is COc1ccc(OCCC[NH2+][C@H]2CCC[C@@H](C)[C@@H]2C)cc1. The molecule has 3 nitrogen and oxygen atoms in total. The minimum Gasteiger partial charge on any atom is -0.497 e. The first-order valence-electron chi connectivity index (χ1n) is 8.31. The standard InChI is InChI=1S/C18H29NO2/c1-14-6-4-7-18(15(14)2)19-12-5-13-21-17-10-8-16(20-3)9-11-17/h8-11,14-15,18-19H,4-7,12-13H2,1-3H3/p+1/t14-,15+,18+/m1/s1. The Morgan fingerprint density at radius 3 is 2.52 bits per heavy atom. The average molecular weight is 292 g/mol. The van der Waals surface area contributed by atoms with Gasteiger partial charge in [0, 0.05) is 12.3 Å². The van der Waals surface area contributed by atoms with E-state index < -0.39 is 0 Å². The molecule has 3 atom stereocenters. The Morgan fingerprint density at radius 2 is 1.81 bits per heavy atom. The Kier molecular flexibility index (Phi) is 6.37. The van der Waals surface area contributed by atoms with Crippen LogP contribution in [0.3, 0.4) is 0 Å². The Morgan fingerprint density at radius 1 is 1.10 bits per heavy atom. The Balaban J connectivity index is 1.61. The van der Waals surface area contributed by atoms with Gasteiger partial charge in [-0.05, 0) is 49.4 Å². The van der Waals surface area contributed by atoms with E-state index in [0.29, 0.717) is 0 Å². The van der Waals surface area contributed by atoms with Gasteiger partial charge in [-0.1, -0.05) is 13.8 Å². The highest BCUT2D eigenvalue weighted by molar-refractivity contribution is 5.31. The third kappa shape index (κ3) is 4.92. The molecule has 0 aliphatic heterocycles. The minimum absolute atomic E-state index is 0.791. The highest BCUT2D eigenvalue weighted by Crippen LogP contribution is 2.27. The molecule has 1 saturated carbocycles. The lowest BCUT2D eigenvalue weighted by Gasteiger charge is -2.32. The summed E-state index contributed by atoms with van der Waals surface area (Å²) in [5.74, 6) is 3.53. The first-order chi connectivity index (χ1) is 10.2. The molecule has 2 N–H and O–H groups in total. The van der Waals surface area contributed by atoms with Gasteiger partial charge in [-0.25, -0.2) is 0 Å². The fourth-order valence-corrected chi connectivity index (χ4v) is 3.23. The summed E-state index contributed by atoms with van der Waals surface area (Å²) in [6.07, 6.45) is 5.29. The zero-order valence-corrected chi connectivity index (χ0v) is 13.7. The molecular weight excluding hydrogens is 262 g/mol. The molecule has 0 heterocycles. The zero-order chi connectivity index (χ0) is 15.1. The van der Waals surface area contributed by atoms with Gasteiger partial charge in [0.25, 0.3) is 0 Å². The third-order valence-electron chi connectivity index (χ3n) is 4.92. The zero-order valence-electron chi connectivity index (χ0n) is 13.7. The summed E-state index contributed by atoms with van der Waals surface area (Å²) in [5, 5.41) is 2.54. The number of nitrogens with two attached hydrogens (primary N) is 1. The van der Waals surface area contributed by atoms with Crippen molar-refractivity contribution in [2.75, 3.05) is 20.3 Å². The van der Waals surface area contributed by atoms with Crippen LogP contribution in [0.5, 0.6) is 11.5 Å². The predicted octanol–water partition coefficient (Wildman–Crippen LogP) is 2.85. The van der Waals surface area contributed by atoms with Crippen LogP contribution in [-0.2, 0) is 0 Å². The fraction of sp³-hybridized carbons (Fsp3) is 0.667. The predicted molar refractivity (Wildman–Crippen MR) is 85.9 cm³/mol. The van der Waals surface area contributed by atoms with Crippen molar-refractivity contribution in [2.24, 2.45) is 11.8 Å². The summed E-state index contributed by atoms with van der Waals surface area (Å²) >= 11 is 0. The maximum Gasteiger partial charge on any atom is 0.119 e. The highest BCUT2D eigenvalue weighted by Gasteiger charge is 2.29. The van der Waals surface area contributed by atoms with Crippen molar-refractivity contribution in [1.82, 2.24) is 0 Å². The molecule has 1 aromatic carbocycles. The normalized spacial score (nSPS) is 25.6. The molecule has 0 spiro atoms. The van der Waals surface area contributed by atoms with E-state index in [1.165, 1.54) is 19.3 Å². The summed E-state index contributed by atoms with van der Waals surface area (Å²) in [6.45, 7) is 6.77. The van der Waals surface area contributed by atoms with Crippen LogP contribution in [0, 0.1) is 11.8 Å². The third-order valence-corrected chi connectivity index (χ3v) is 4.92. The highest BCUT2D eigenvalue weighted by atomic mass is 16.5. The Bertz CT molecular complexity index is 404. The Hall–Kier alpha value is -1.22. The number of hydrogen-bond acceptors (Lipinski definition) is 2. The molecule has 21 heavy (non-hydrogen) atoms. The second kappa shape index (κ2) is 8.28. The van der Waals surface area contributed by atoms with E-state index in [9.17, 15) is 0 Å². The fourth-order valence-electron chi connectivity index (χ4n) is 3.23. The lowest BCUT2D eigenvalue weighted by Crippen LogP contribution is -2.92. The first kappa shape index (κ1) is 16.2. The molecule has 1 aliphatic carbocycles. The lowest BCUT2D eigenvalue weighted by atomic mass is 9.78. The van der Waals surface area contributed by atoms with E-state index in [0.717, 1.165) is 48.9 Å². The molecule has 2 rings (SSSR count). The van der Waals surface area contributed by atoms with Gasteiger partial charge < -0.3 is 14.8 Å². The quantitative estimate of drug-likeness (QED) is 0.784. The smallest absolute Gasteiger partial charge is 0.119 e. The molecular formula is C18H30NO2+. The van der Waals surface area contributed by atoms with Gasteiger partial charge in [-0.15, -0.1) is 0 Å². The average Bonchev–Trinajstić information content (AvgIpc) is 2.51. The number of rotatable bonds is 7. The van der Waals surface area contributed by atoms with Gasteiger partial charge in [0.1, 0.15) is 11.5 Å². The van der Waals surface area contributed by atoms with Crippen LogP contribution in [0.25, 0.3) is 0 Å². The van der Waals surface area contributed by atoms with Crippen LogP contribution in [0.4, 0.5) is 0 Å². The van der Waals surface area contributed by atoms with Crippen LogP contribution in [0.1, 0.15) is 39.5 Å². The molecule has 1 aromatic rings. The minimum atomic E-state index is 0.791. The summed E-state index contributed by atoms with van der Waals surface area (Å²) in [6, 6.07) is 8.62. The molecule has 0 radical (unpaired) electrons. The maximum atomic E-state index is 5.77. The summed E-state index contributed by atoms with van der Waals surface area (Å²) in [4.78, 5) is 0. The number of quaternary nitrogens is 1. The van der Waals surface area contributed by atoms with E-state index >= 15 is 0 Å². The van der Waals surface area contributed by atoms with Crippen molar-refractivity contribution >= 4 is 0 Å². The number of benzene rings is 1. The van der Waals surface area contributed by atoms with E-state index in [2.05, 4.69) is 19.2 Å². The van der Waals surface area contributed by atoms with Gasteiger partial charge in [0.15, 0.2) is 0 Å². The molecule has 118 valence electrons. The van der Waals surface area contributed by atoms with E-state index in [-0.39, 0.29) is 0 Å². The molecule has 0 aromatic heterocycles. The maximum absolute atomic E-state index is 5.77. The van der Waals surface area contributed by atoms with Crippen molar-refractivity contribution in [3.63, 3.8) is 0 Å². The van der Waals surface area contributed by atoms with Crippen LogP contribution in [0.15, 0.2) is 24.3 Å². The van der Waals surface area contributed by atoms with E-state index in [1.54, 1.807) is 7.11 Å². The lowest BCUT2D eigenvalue weighted by molar-refractivity contribution is -0.699. The Labute approximate surface area is 129 Å². The molecule has 0 saturated heterocycles. The molecule has 0 bridgehead atoms. The van der Waals surface area contributed by atoms with Gasteiger partial charge in [0.2, 0.25) is 0 Å². The molecule has 0 unspecified atom stereocenters. The largest absolute Gasteiger partial charge is 0.497 e. The van der Waals surface area contributed by atoms with Crippen LogP contribution >= 0.6 is 0 Å². The van der Waals surface area contributed by atoms with Crippen molar-refractivity contribution in [3.8, 4) is 11.5 Å². The van der Waals surface area contributed by atoms with Gasteiger partial charge in [0.05, 0.1) is 26.3 Å². The van der Waals surface area contributed by atoms with Crippen LogP contribution in [-0.4, -0.2) is 26.3 Å². The van der Waals surface area contributed by atoms with Crippen LogP contribution in [0.2, 0.25) is 0 Å². The van der Waals surface area contributed by atoms with Gasteiger partial charge in [-0.2, -0.15) is 0 Å². The van der Waals surface area contributed by atoms with E-state index in [1.807, 2.05) is 24.3 Å². The number of hydrogen-bond donors (Lipinski definition) is 1. The second-order valence-electron chi connectivity index (χ2n) is 6.33. The topological polar surface area (TPSA) is 35.1 Å². The van der Waals surface area contributed by atoms with Crippen molar-refractivity contribution in [3.05, 3.63) is 24.3 Å². The van der Waals surface area contributed by atoms with Crippen molar-refractivity contribution in [2.45, 2.75) is 45.6 Å². The van der Waals surface area contributed by atoms with Crippen LogP contribution < -0.4 is 14.8 Å². The number of ether oxygens (including phenoxy) is 2. The van der Waals surface area contributed by atoms with Gasteiger partial charge >= 0.3 is 0 Å². The van der Waals surface area contributed by atoms with Crippen molar-refractivity contribution in [1.29, 1.82) is 0 Å². The van der Waals surface area contributed by atoms with E-state index in [4.69, 9.17) is 9.47 Å². The summed E-state index contributed by atoms with van der Waals surface area (Å²) in [7, 11) is 1.68. The molecule has 0 amide bonds. The second-order valence-corrected chi connectivity index (χ2v) is 6.33. The monoisotopic (exact) mass is 292 g/mol. The van der Waals surface area contributed by atoms with Crippen molar-refractivity contribution < 1.29 is 14.8 Å². The summed E-state index contributed by atoms with van der Waals surface area (Å²) < 4.78 is 10.9. The van der Waals surface area contributed by atoms with Gasteiger partial charge in [-0.3, -0.25) is 0 Å². The number of methoxy groups -OCH3 is 1. The first-order valence-corrected chi connectivity index (χ1v) is 8.31. The summed E-state index contributed by atoms with van der Waals surface area (Å²) in [5.41, 5.74) is 0.